The molecule has 0 aliphatic heterocycles. The van der Waals surface area contributed by atoms with Crippen LogP contribution in [0.3, 0.4) is 0 Å². The third-order valence-electron chi connectivity index (χ3n) is 7.68. The van der Waals surface area contributed by atoms with E-state index in [0.29, 0.717) is 0 Å². The predicted octanol–water partition coefficient (Wildman–Crippen LogP) is 9.49. The Labute approximate surface area is 231 Å². The van der Waals surface area contributed by atoms with Gasteiger partial charge in [-0.05, 0) is 87.3 Å². The van der Waals surface area contributed by atoms with Crippen molar-refractivity contribution >= 4 is 43.4 Å². The highest BCUT2D eigenvalue weighted by atomic mass is 14.7. The van der Waals surface area contributed by atoms with Crippen LogP contribution in [0.4, 0.5) is 0 Å². The normalized spacial score (nSPS) is 11.5. The van der Waals surface area contributed by atoms with E-state index in [2.05, 4.69) is 125 Å². The molecule has 0 aliphatic carbocycles. The van der Waals surface area contributed by atoms with Crippen molar-refractivity contribution in [1.29, 1.82) is 0 Å². The molecule has 0 saturated heterocycles. The molecule has 0 bridgehead atoms. The highest BCUT2D eigenvalue weighted by Crippen LogP contribution is 2.39. The Morgan fingerprint density at radius 2 is 0.875 bits per heavy atom. The SMILES string of the molecule is c1cnc2ccc(-c3cc(-c4c5ccccc5cc5ccccc45)cc(-c4ccc5ncccc5c4)n3)cc2c1. The fourth-order valence-corrected chi connectivity index (χ4v) is 5.77. The molecule has 0 fully saturated rings. The molecule has 3 aromatic heterocycles. The van der Waals surface area contributed by atoms with Crippen LogP contribution in [0, 0.1) is 0 Å². The summed E-state index contributed by atoms with van der Waals surface area (Å²) in [4.78, 5) is 14.3. The summed E-state index contributed by atoms with van der Waals surface area (Å²) >= 11 is 0. The first-order chi connectivity index (χ1) is 19.8. The van der Waals surface area contributed by atoms with E-state index in [-0.39, 0.29) is 0 Å². The lowest BCUT2D eigenvalue weighted by Gasteiger charge is -2.15. The van der Waals surface area contributed by atoms with Crippen molar-refractivity contribution in [2.75, 3.05) is 0 Å². The zero-order valence-corrected chi connectivity index (χ0v) is 21.6. The van der Waals surface area contributed by atoms with E-state index >= 15 is 0 Å². The molecule has 0 amide bonds. The van der Waals surface area contributed by atoms with Crippen molar-refractivity contribution in [3.05, 3.63) is 140 Å². The van der Waals surface area contributed by atoms with Gasteiger partial charge >= 0.3 is 0 Å². The summed E-state index contributed by atoms with van der Waals surface area (Å²) in [5, 5.41) is 7.11. The van der Waals surface area contributed by atoms with Crippen LogP contribution >= 0.6 is 0 Å². The second-order valence-corrected chi connectivity index (χ2v) is 10.1. The summed E-state index contributed by atoms with van der Waals surface area (Å²) in [5.41, 5.74) is 8.32. The Morgan fingerprint density at radius 1 is 0.375 bits per heavy atom. The molecule has 3 heteroatoms. The van der Waals surface area contributed by atoms with Gasteiger partial charge in [0.15, 0.2) is 0 Å². The Kier molecular flexibility index (Phi) is 5.14. The molecule has 8 aromatic rings. The fourth-order valence-electron chi connectivity index (χ4n) is 5.77. The number of hydrogen-bond acceptors (Lipinski definition) is 3. The standard InChI is InChI=1S/C37H23N3/c1-3-11-31-24(7-1)19-25-8-2-4-12-32(25)37(31)30-22-35(28-13-15-33-26(20-28)9-5-17-38-33)40-36(23-30)29-14-16-34-27(21-29)10-6-18-39-34/h1-23H. The first kappa shape index (κ1) is 22.6. The van der Waals surface area contributed by atoms with E-state index in [0.717, 1.165) is 49.9 Å². The Hall–Kier alpha value is -5.41. The summed E-state index contributed by atoms with van der Waals surface area (Å²) in [6.45, 7) is 0. The molecular formula is C37H23N3. The second-order valence-electron chi connectivity index (χ2n) is 10.1. The number of nitrogens with zero attached hydrogens (tertiary/aromatic N) is 3. The zero-order chi connectivity index (χ0) is 26.5. The van der Waals surface area contributed by atoms with Gasteiger partial charge in [-0.15, -0.1) is 0 Å². The zero-order valence-electron chi connectivity index (χ0n) is 21.6. The molecule has 0 radical (unpaired) electrons. The Morgan fingerprint density at radius 3 is 1.43 bits per heavy atom. The molecule has 0 N–H and O–H groups in total. The molecule has 8 rings (SSSR count). The monoisotopic (exact) mass is 509 g/mol. The van der Waals surface area contributed by atoms with Crippen LogP contribution in [-0.2, 0) is 0 Å². The van der Waals surface area contributed by atoms with Crippen molar-refractivity contribution in [2.45, 2.75) is 0 Å². The molecule has 0 saturated carbocycles. The largest absolute Gasteiger partial charge is 0.256 e. The van der Waals surface area contributed by atoms with E-state index < -0.39 is 0 Å². The first-order valence-corrected chi connectivity index (χ1v) is 13.4. The van der Waals surface area contributed by atoms with E-state index in [1.54, 1.807) is 0 Å². The molecule has 5 aromatic carbocycles. The highest BCUT2D eigenvalue weighted by Gasteiger charge is 2.15. The van der Waals surface area contributed by atoms with Crippen LogP contribution in [0.5, 0.6) is 0 Å². The van der Waals surface area contributed by atoms with Crippen LogP contribution in [0.2, 0.25) is 0 Å². The predicted molar refractivity (Wildman–Crippen MR) is 166 cm³/mol. The number of aromatic nitrogens is 3. The van der Waals surface area contributed by atoms with Crippen LogP contribution in [0.25, 0.3) is 77.0 Å². The molecule has 0 atom stereocenters. The van der Waals surface area contributed by atoms with Gasteiger partial charge in [-0.2, -0.15) is 0 Å². The van der Waals surface area contributed by atoms with Gasteiger partial charge < -0.3 is 0 Å². The number of rotatable bonds is 3. The van der Waals surface area contributed by atoms with Gasteiger partial charge in [0.1, 0.15) is 0 Å². The summed E-state index contributed by atoms with van der Waals surface area (Å²) in [7, 11) is 0. The molecule has 3 nitrogen and oxygen atoms in total. The maximum absolute atomic E-state index is 5.23. The average molecular weight is 510 g/mol. The van der Waals surface area contributed by atoms with Crippen molar-refractivity contribution in [1.82, 2.24) is 15.0 Å². The van der Waals surface area contributed by atoms with Crippen LogP contribution < -0.4 is 0 Å². The number of fused-ring (bicyclic) bond motifs is 4. The van der Waals surface area contributed by atoms with Crippen molar-refractivity contribution in [3.63, 3.8) is 0 Å². The van der Waals surface area contributed by atoms with E-state index in [4.69, 9.17) is 4.98 Å². The molecule has 0 aliphatic rings. The van der Waals surface area contributed by atoms with Gasteiger partial charge in [0.25, 0.3) is 0 Å². The van der Waals surface area contributed by atoms with E-state index in [1.165, 1.54) is 27.1 Å². The van der Waals surface area contributed by atoms with Gasteiger partial charge in [-0.1, -0.05) is 72.8 Å². The minimum Gasteiger partial charge on any atom is -0.256 e. The number of hydrogen-bond donors (Lipinski definition) is 0. The van der Waals surface area contributed by atoms with Gasteiger partial charge in [0, 0.05) is 34.3 Å². The topological polar surface area (TPSA) is 38.7 Å². The molecule has 0 unspecified atom stereocenters. The quantitative estimate of drug-likeness (QED) is 0.223. The third-order valence-corrected chi connectivity index (χ3v) is 7.68. The molecule has 0 spiro atoms. The summed E-state index contributed by atoms with van der Waals surface area (Å²) in [6, 6.07) is 45.0. The molecule has 3 heterocycles. The highest BCUT2D eigenvalue weighted by molar-refractivity contribution is 6.13. The number of pyridine rings is 3. The lowest BCUT2D eigenvalue weighted by atomic mass is 9.90. The van der Waals surface area contributed by atoms with Gasteiger partial charge in [0.05, 0.1) is 22.4 Å². The fraction of sp³-hybridized carbons (Fsp3) is 0. The van der Waals surface area contributed by atoms with Gasteiger partial charge in [-0.3, -0.25) is 9.97 Å². The molecule has 40 heavy (non-hydrogen) atoms. The minimum absolute atomic E-state index is 0.932. The van der Waals surface area contributed by atoms with Crippen LogP contribution in [0.15, 0.2) is 140 Å². The maximum Gasteiger partial charge on any atom is 0.0715 e. The van der Waals surface area contributed by atoms with Gasteiger partial charge in [0.2, 0.25) is 0 Å². The summed E-state index contributed by atoms with van der Waals surface area (Å²) < 4.78 is 0. The average Bonchev–Trinajstić information content (AvgIpc) is 3.03. The number of benzene rings is 5. The Balaban J connectivity index is 1.44. The molecule has 186 valence electrons. The van der Waals surface area contributed by atoms with Crippen LogP contribution in [0.1, 0.15) is 0 Å². The Bertz CT molecular complexity index is 2080. The first-order valence-electron chi connectivity index (χ1n) is 13.4. The second kappa shape index (κ2) is 9.11. The maximum atomic E-state index is 5.23. The van der Waals surface area contributed by atoms with Gasteiger partial charge in [-0.25, -0.2) is 4.98 Å². The molecular weight excluding hydrogens is 486 g/mol. The van der Waals surface area contributed by atoms with E-state index in [1.807, 2.05) is 24.5 Å². The van der Waals surface area contributed by atoms with E-state index in [9.17, 15) is 0 Å². The summed E-state index contributed by atoms with van der Waals surface area (Å²) in [6.07, 6.45) is 3.67. The lowest BCUT2D eigenvalue weighted by molar-refractivity contribution is 1.32. The van der Waals surface area contributed by atoms with Crippen molar-refractivity contribution in [3.8, 4) is 33.6 Å². The van der Waals surface area contributed by atoms with Crippen molar-refractivity contribution in [2.24, 2.45) is 0 Å². The summed E-state index contributed by atoms with van der Waals surface area (Å²) in [5.74, 6) is 0. The smallest absolute Gasteiger partial charge is 0.0715 e. The van der Waals surface area contributed by atoms with Crippen LogP contribution in [-0.4, -0.2) is 15.0 Å². The van der Waals surface area contributed by atoms with Crippen molar-refractivity contribution < 1.29 is 0 Å². The lowest BCUT2D eigenvalue weighted by Crippen LogP contribution is -1.93. The third kappa shape index (κ3) is 3.79. The minimum atomic E-state index is 0.932.